The smallest absolute Gasteiger partial charge is 0.226 e. The van der Waals surface area contributed by atoms with Crippen LogP contribution >= 0.6 is 0 Å². The van der Waals surface area contributed by atoms with Crippen LogP contribution in [0.4, 0.5) is 0 Å². The summed E-state index contributed by atoms with van der Waals surface area (Å²) in [6, 6.07) is -0.230. The van der Waals surface area contributed by atoms with Crippen molar-refractivity contribution in [3.05, 3.63) is 11.9 Å². The second kappa shape index (κ2) is 6.60. The van der Waals surface area contributed by atoms with E-state index in [9.17, 15) is 13.2 Å². The van der Waals surface area contributed by atoms with E-state index in [1.54, 1.807) is 0 Å². The Morgan fingerprint density at radius 3 is 2.74 bits per heavy atom. The van der Waals surface area contributed by atoms with Gasteiger partial charge in [-0.15, -0.1) is 0 Å². The molecule has 1 aromatic heterocycles. The van der Waals surface area contributed by atoms with Crippen molar-refractivity contribution in [2.24, 2.45) is 5.92 Å². The van der Waals surface area contributed by atoms with Crippen molar-refractivity contribution in [1.82, 2.24) is 15.1 Å². The van der Waals surface area contributed by atoms with E-state index in [1.807, 2.05) is 4.90 Å². The molecule has 1 amide bonds. The second-order valence-corrected chi connectivity index (χ2v) is 8.33. The fraction of sp³-hybridized carbons (Fsp3) is 0.733. The lowest BCUT2D eigenvalue weighted by molar-refractivity contribution is -0.142. The highest BCUT2D eigenvalue weighted by Crippen LogP contribution is 2.35. The molecule has 2 aliphatic rings. The molecule has 1 aromatic rings. The van der Waals surface area contributed by atoms with Gasteiger partial charge in [-0.25, -0.2) is 8.42 Å². The first-order valence-corrected chi connectivity index (χ1v) is 9.99. The molecule has 0 aliphatic carbocycles. The summed E-state index contributed by atoms with van der Waals surface area (Å²) in [5.41, 5.74) is 0.549. The maximum Gasteiger partial charge on any atom is 0.226 e. The Morgan fingerprint density at radius 2 is 2.04 bits per heavy atom. The molecule has 23 heavy (non-hydrogen) atoms. The van der Waals surface area contributed by atoms with Crippen LogP contribution in [-0.4, -0.2) is 55.4 Å². The van der Waals surface area contributed by atoms with Gasteiger partial charge in [0.1, 0.15) is 4.90 Å². The van der Waals surface area contributed by atoms with Crippen LogP contribution in [0, 0.1) is 5.92 Å². The van der Waals surface area contributed by atoms with Gasteiger partial charge in [-0.05, 0) is 32.1 Å². The Hall–Kier alpha value is -1.41. The van der Waals surface area contributed by atoms with Gasteiger partial charge in [0.25, 0.3) is 0 Å². The maximum atomic E-state index is 12.9. The molecule has 3 rings (SSSR count). The number of carbonyl (C=O) groups excluding carboxylic acids is 1. The minimum absolute atomic E-state index is 0.0195. The summed E-state index contributed by atoms with van der Waals surface area (Å²) in [6.45, 7) is 1.91. The number of piperidine rings is 1. The summed E-state index contributed by atoms with van der Waals surface area (Å²) in [7, 11) is -3.37. The maximum absolute atomic E-state index is 12.9. The largest absolute Gasteiger partial charge is 0.381 e. The van der Waals surface area contributed by atoms with Crippen LogP contribution in [0.1, 0.15) is 43.8 Å². The molecule has 0 spiro atoms. The van der Waals surface area contributed by atoms with Crippen LogP contribution in [-0.2, 0) is 19.4 Å². The summed E-state index contributed by atoms with van der Waals surface area (Å²) in [6.07, 6.45) is 6.69. The topological polar surface area (TPSA) is 92.4 Å². The van der Waals surface area contributed by atoms with Gasteiger partial charge in [-0.2, -0.15) is 5.10 Å². The molecule has 0 bridgehead atoms. The van der Waals surface area contributed by atoms with E-state index in [1.165, 1.54) is 12.5 Å². The van der Waals surface area contributed by atoms with E-state index in [0.29, 0.717) is 25.5 Å². The van der Waals surface area contributed by atoms with Gasteiger partial charge in [0.05, 0.1) is 17.9 Å². The zero-order valence-electron chi connectivity index (χ0n) is 13.3. The molecule has 2 saturated heterocycles. The van der Waals surface area contributed by atoms with Crippen molar-refractivity contribution in [3.63, 3.8) is 0 Å². The number of nitrogens with zero attached hydrogens (tertiary/aromatic N) is 2. The lowest BCUT2D eigenvalue weighted by atomic mass is 9.93. The standard InChI is InChI=1S/C15H23N3O4S/c1-23(20,21)13-10-16-17-14(13)12-4-2-3-7-18(12)15(19)11-5-8-22-9-6-11/h10-12H,2-9H2,1H3,(H,16,17). The molecule has 128 valence electrons. The summed E-state index contributed by atoms with van der Waals surface area (Å²) in [5.74, 6) is 0.0982. The lowest BCUT2D eigenvalue weighted by Crippen LogP contribution is -2.43. The summed E-state index contributed by atoms with van der Waals surface area (Å²) < 4.78 is 29.2. The van der Waals surface area contributed by atoms with Crippen molar-refractivity contribution in [3.8, 4) is 0 Å². The van der Waals surface area contributed by atoms with E-state index >= 15 is 0 Å². The Labute approximate surface area is 136 Å². The van der Waals surface area contributed by atoms with Crippen molar-refractivity contribution in [1.29, 1.82) is 0 Å². The molecule has 0 saturated carbocycles. The number of rotatable bonds is 3. The van der Waals surface area contributed by atoms with Crippen LogP contribution in [0.3, 0.4) is 0 Å². The number of ether oxygens (including phenoxy) is 1. The minimum Gasteiger partial charge on any atom is -0.381 e. The number of sulfone groups is 1. The lowest BCUT2D eigenvalue weighted by Gasteiger charge is -2.38. The predicted octanol–water partition coefficient (Wildman–Crippen LogP) is 1.29. The molecule has 1 N–H and O–H groups in total. The number of aromatic amines is 1. The zero-order chi connectivity index (χ0) is 16.4. The van der Waals surface area contributed by atoms with E-state index < -0.39 is 9.84 Å². The quantitative estimate of drug-likeness (QED) is 0.894. The summed E-state index contributed by atoms with van der Waals surface area (Å²) in [4.78, 5) is 15.0. The van der Waals surface area contributed by atoms with E-state index in [4.69, 9.17) is 4.74 Å². The third kappa shape index (κ3) is 3.42. The highest BCUT2D eigenvalue weighted by molar-refractivity contribution is 7.90. The molecular weight excluding hydrogens is 318 g/mol. The molecule has 3 heterocycles. The summed E-state index contributed by atoms with van der Waals surface area (Å²) >= 11 is 0. The third-order valence-electron chi connectivity index (χ3n) is 4.72. The first-order valence-electron chi connectivity index (χ1n) is 8.10. The van der Waals surface area contributed by atoms with Crippen LogP contribution < -0.4 is 0 Å². The Morgan fingerprint density at radius 1 is 1.30 bits per heavy atom. The molecule has 0 aromatic carbocycles. The Bertz CT molecular complexity index is 664. The Kier molecular flexibility index (Phi) is 4.72. The number of carbonyl (C=O) groups is 1. The number of likely N-dealkylation sites (tertiary alicyclic amines) is 1. The molecule has 0 radical (unpaired) electrons. The highest BCUT2D eigenvalue weighted by Gasteiger charge is 2.36. The second-order valence-electron chi connectivity index (χ2n) is 6.35. The average molecular weight is 341 g/mol. The van der Waals surface area contributed by atoms with Crippen LogP contribution in [0.25, 0.3) is 0 Å². The highest BCUT2D eigenvalue weighted by atomic mass is 32.2. The van der Waals surface area contributed by atoms with Crippen LogP contribution in [0.2, 0.25) is 0 Å². The molecule has 7 nitrogen and oxygen atoms in total. The first kappa shape index (κ1) is 16.4. The molecule has 2 fully saturated rings. The van der Waals surface area contributed by atoms with Gasteiger partial charge in [0.15, 0.2) is 9.84 Å². The minimum atomic E-state index is -3.37. The first-order chi connectivity index (χ1) is 11.0. The Balaban J connectivity index is 1.87. The zero-order valence-corrected chi connectivity index (χ0v) is 14.1. The van der Waals surface area contributed by atoms with Gasteiger partial charge in [0, 0.05) is 31.9 Å². The van der Waals surface area contributed by atoms with E-state index in [-0.39, 0.29) is 22.8 Å². The number of amides is 1. The van der Waals surface area contributed by atoms with Crippen LogP contribution in [0.5, 0.6) is 0 Å². The number of H-pyrrole nitrogens is 1. The van der Waals surface area contributed by atoms with E-state index in [0.717, 1.165) is 32.1 Å². The summed E-state index contributed by atoms with van der Waals surface area (Å²) in [5, 5.41) is 6.73. The van der Waals surface area contributed by atoms with Crippen molar-refractivity contribution >= 4 is 15.7 Å². The molecule has 2 aliphatic heterocycles. The predicted molar refractivity (Wildman–Crippen MR) is 83.5 cm³/mol. The van der Waals surface area contributed by atoms with Gasteiger partial charge in [-0.3, -0.25) is 9.89 Å². The van der Waals surface area contributed by atoms with Gasteiger partial charge in [0.2, 0.25) is 5.91 Å². The average Bonchev–Trinajstić information content (AvgIpc) is 3.05. The number of hydrogen-bond donors (Lipinski definition) is 1. The molecule has 1 atom stereocenters. The van der Waals surface area contributed by atoms with Gasteiger partial charge >= 0.3 is 0 Å². The van der Waals surface area contributed by atoms with Gasteiger partial charge < -0.3 is 9.64 Å². The fourth-order valence-corrected chi connectivity index (χ4v) is 4.32. The number of hydrogen-bond acceptors (Lipinski definition) is 5. The van der Waals surface area contributed by atoms with Crippen molar-refractivity contribution in [2.45, 2.75) is 43.0 Å². The van der Waals surface area contributed by atoms with Crippen LogP contribution in [0.15, 0.2) is 11.1 Å². The fourth-order valence-electron chi connectivity index (χ4n) is 3.49. The molecule has 8 heteroatoms. The number of aromatic nitrogens is 2. The van der Waals surface area contributed by atoms with E-state index in [2.05, 4.69) is 10.2 Å². The van der Waals surface area contributed by atoms with Crippen molar-refractivity contribution < 1.29 is 17.9 Å². The normalized spacial score (nSPS) is 23.9. The monoisotopic (exact) mass is 341 g/mol. The van der Waals surface area contributed by atoms with Crippen molar-refractivity contribution in [2.75, 3.05) is 26.0 Å². The molecular formula is C15H23N3O4S. The third-order valence-corrected chi connectivity index (χ3v) is 5.85. The molecule has 1 unspecified atom stereocenters. The number of nitrogens with one attached hydrogen (secondary N) is 1. The SMILES string of the molecule is CS(=O)(=O)c1cn[nH]c1C1CCCCN1C(=O)C1CCOCC1. The van der Waals surface area contributed by atoms with Gasteiger partial charge in [-0.1, -0.05) is 0 Å².